The van der Waals surface area contributed by atoms with Gasteiger partial charge in [0.1, 0.15) is 11.4 Å². The molecule has 0 spiro atoms. The molecule has 2 N–H and O–H groups in total. The average molecular weight is 341 g/mol. The van der Waals surface area contributed by atoms with Crippen LogP contribution in [0.3, 0.4) is 0 Å². The summed E-state index contributed by atoms with van der Waals surface area (Å²) < 4.78 is 10.9. The van der Waals surface area contributed by atoms with Gasteiger partial charge in [0.2, 0.25) is 0 Å². The molecule has 1 aromatic carbocycles. The Hall–Kier alpha value is -2.60. The van der Waals surface area contributed by atoms with Gasteiger partial charge in [-0.3, -0.25) is 9.78 Å². The summed E-state index contributed by atoms with van der Waals surface area (Å²) in [6.45, 7) is 3.52. The zero-order chi connectivity index (χ0) is 17.6. The third-order valence-electron chi connectivity index (χ3n) is 4.15. The first kappa shape index (κ1) is 17.2. The standard InChI is InChI=1S/C19H23N3O3/c1-13-5-6-18(24-2)16(10-13)22-19(23)17-11-14(7-8-20-17)21-12-15-4-3-9-25-15/h5-8,10-11,15H,3-4,9,12H2,1-2H3,(H,20,21)(H,22,23). The molecule has 2 heterocycles. The number of aromatic nitrogens is 1. The van der Waals surface area contributed by atoms with Gasteiger partial charge in [-0.05, 0) is 49.6 Å². The Morgan fingerprint density at radius 1 is 1.36 bits per heavy atom. The van der Waals surface area contributed by atoms with E-state index in [-0.39, 0.29) is 12.0 Å². The quantitative estimate of drug-likeness (QED) is 0.844. The summed E-state index contributed by atoms with van der Waals surface area (Å²) in [5.74, 6) is 0.344. The highest BCUT2D eigenvalue weighted by Crippen LogP contribution is 2.25. The Kier molecular flexibility index (Phi) is 5.50. The van der Waals surface area contributed by atoms with Gasteiger partial charge < -0.3 is 20.1 Å². The molecule has 1 atom stereocenters. The van der Waals surface area contributed by atoms with E-state index >= 15 is 0 Å². The number of anilines is 2. The van der Waals surface area contributed by atoms with Gasteiger partial charge in [0, 0.05) is 25.0 Å². The van der Waals surface area contributed by atoms with E-state index in [0.717, 1.165) is 37.2 Å². The molecule has 0 radical (unpaired) electrons. The van der Waals surface area contributed by atoms with Crippen molar-refractivity contribution in [1.82, 2.24) is 4.98 Å². The minimum Gasteiger partial charge on any atom is -0.495 e. The second kappa shape index (κ2) is 7.98. The largest absolute Gasteiger partial charge is 0.495 e. The summed E-state index contributed by atoms with van der Waals surface area (Å²) in [6, 6.07) is 9.22. The zero-order valence-corrected chi connectivity index (χ0v) is 14.5. The molecule has 6 nitrogen and oxygen atoms in total. The van der Waals surface area contributed by atoms with E-state index in [1.54, 1.807) is 19.4 Å². The number of hydrogen-bond donors (Lipinski definition) is 2. The van der Waals surface area contributed by atoms with Crippen molar-refractivity contribution in [3.05, 3.63) is 47.8 Å². The van der Waals surface area contributed by atoms with Gasteiger partial charge >= 0.3 is 0 Å². The summed E-state index contributed by atoms with van der Waals surface area (Å²) in [4.78, 5) is 16.7. The van der Waals surface area contributed by atoms with Gasteiger partial charge in [-0.15, -0.1) is 0 Å². The van der Waals surface area contributed by atoms with Crippen LogP contribution in [0.2, 0.25) is 0 Å². The lowest BCUT2D eigenvalue weighted by atomic mass is 10.2. The number of pyridine rings is 1. The van der Waals surface area contributed by atoms with Crippen molar-refractivity contribution >= 4 is 17.3 Å². The maximum atomic E-state index is 12.5. The second-order valence-corrected chi connectivity index (χ2v) is 6.10. The number of methoxy groups -OCH3 is 1. The lowest BCUT2D eigenvalue weighted by Crippen LogP contribution is -2.19. The normalized spacial score (nSPS) is 16.5. The number of nitrogens with zero attached hydrogens (tertiary/aromatic N) is 1. The molecule has 1 aromatic heterocycles. The molecule has 1 unspecified atom stereocenters. The van der Waals surface area contributed by atoms with Crippen LogP contribution in [0.4, 0.5) is 11.4 Å². The monoisotopic (exact) mass is 341 g/mol. The minimum atomic E-state index is -0.273. The van der Waals surface area contributed by atoms with Gasteiger partial charge in [-0.2, -0.15) is 0 Å². The number of hydrogen-bond acceptors (Lipinski definition) is 5. The summed E-state index contributed by atoms with van der Waals surface area (Å²) >= 11 is 0. The average Bonchev–Trinajstić information content (AvgIpc) is 3.14. The van der Waals surface area contributed by atoms with Crippen LogP contribution in [-0.4, -0.2) is 37.3 Å². The number of carbonyl (C=O) groups is 1. The zero-order valence-electron chi connectivity index (χ0n) is 14.5. The van der Waals surface area contributed by atoms with Crippen LogP contribution >= 0.6 is 0 Å². The Balaban J connectivity index is 1.67. The second-order valence-electron chi connectivity index (χ2n) is 6.10. The number of amides is 1. The van der Waals surface area contributed by atoms with E-state index in [1.807, 2.05) is 31.2 Å². The van der Waals surface area contributed by atoms with E-state index in [4.69, 9.17) is 9.47 Å². The van der Waals surface area contributed by atoms with E-state index in [1.165, 1.54) is 0 Å². The smallest absolute Gasteiger partial charge is 0.274 e. The Morgan fingerprint density at radius 2 is 2.24 bits per heavy atom. The van der Waals surface area contributed by atoms with Crippen LogP contribution in [0.1, 0.15) is 28.9 Å². The molecule has 0 bridgehead atoms. The topological polar surface area (TPSA) is 72.5 Å². The molecule has 132 valence electrons. The fourth-order valence-corrected chi connectivity index (χ4v) is 2.81. The molecule has 0 saturated carbocycles. The number of nitrogens with one attached hydrogen (secondary N) is 2. The van der Waals surface area contributed by atoms with Crippen LogP contribution in [0.15, 0.2) is 36.5 Å². The van der Waals surface area contributed by atoms with Gasteiger partial charge in [0.25, 0.3) is 5.91 Å². The highest BCUT2D eigenvalue weighted by molar-refractivity contribution is 6.04. The van der Waals surface area contributed by atoms with Gasteiger partial charge in [-0.1, -0.05) is 6.07 Å². The van der Waals surface area contributed by atoms with E-state index < -0.39 is 0 Å². The number of rotatable bonds is 6. The highest BCUT2D eigenvalue weighted by atomic mass is 16.5. The van der Waals surface area contributed by atoms with Crippen molar-refractivity contribution < 1.29 is 14.3 Å². The van der Waals surface area contributed by atoms with Crippen molar-refractivity contribution in [1.29, 1.82) is 0 Å². The molecule has 25 heavy (non-hydrogen) atoms. The molecule has 1 aliphatic rings. The number of benzene rings is 1. The molecule has 6 heteroatoms. The van der Waals surface area contributed by atoms with Crippen LogP contribution in [0, 0.1) is 6.92 Å². The van der Waals surface area contributed by atoms with Crippen molar-refractivity contribution in [3.8, 4) is 5.75 Å². The third-order valence-corrected chi connectivity index (χ3v) is 4.15. The first-order chi connectivity index (χ1) is 12.2. The fraction of sp³-hybridized carbons (Fsp3) is 0.368. The first-order valence-electron chi connectivity index (χ1n) is 8.43. The molecule has 1 amide bonds. The maximum absolute atomic E-state index is 12.5. The number of ether oxygens (including phenoxy) is 2. The summed E-state index contributed by atoms with van der Waals surface area (Å²) in [6.07, 6.45) is 4.04. The lowest BCUT2D eigenvalue weighted by molar-refractivity contribution is 0.102. The van der Waals surface area contributed by atoms with Crippen molar-refractivity contribution in [2.75, 3.05) is 30.9 Å². The summed E-state index contributed by atoms with van der Waals surface area (Å²) in [5, 5.41) is 6.17. The number of carbonyl (C=O) groups excluding carboxylic acids is 1. The van der Waals surface area contributed by atoms with Gasteiger partial charge in [-0.25, -0.2) is 0 Å². The van der Waals surface area contributed by atoms with Crippen molar-refractivity contribution in [2.45, 2.75) is 25.9 Å². The molecular weight excluding hydrogens is 318 g/mol. The maximum Gasteiger partial charge on any atom is 0.274 e. The minimum absolute atomic E-state index is 0.238. The molecule has 2 aromatic rings. The van der Waals surface area contributed by atoms with Crippen molar-refractivity contribution in [3.63, 3.8) is 0 Å². The molecule has 1 saturated heterocycles. The Morgan fingerprint density at radius 3 is 3.00 bits per heavy atom. The summed E-state index contributed by atoms with van der Waals surface area (Å²) in [5.41, 5.74) is 2.87. The highest BCUT2D eigenvalue weighted by Gasteiger charge is 2.16. The van der Waals surface area contributed by atoms with Gasteiger partial charge in [0.15, 0.2) is 0 Å². The molecular formula is C19H23N3O3. The first-order valence-corrected chi connectivity index (χ1v) is 8.43. The van der Waals surface area contributed by atoms with Crippen molar-refractivity contribution in [2.24, 2.45) is 0 Å². The predicted molar refractivity (Wildman–Crippen MR) is 97.4 cm³/mol. The Bertz CT molecular complexity index is 742. The van der Waals surface area contributed by atoms with E-state index in [0.29, 0.717) is 17.1 Å². The molecule has 1 fully saturated rings. The fourth-order valence-electron chi connectivity index (χ4n) is 2.81. The molecule has 1 aliphatic heterocycles. The van der Waals surface area contributed by atoms with E-state index in [9.17, 15) is 4.79 Å². The van der Waals surface area contributed by atoms with Crippen LogP contribution < -0.4 is 15.4 Å². The Labute approximate surface area is 147 Å². The SMILES string of the molecule is COc1ccc(C)cc1NC(=O)c1cc(NCC2CCCO2)ccn1. The predicted octanol–water partition coefficient (Wildman–Crippen LogP) is 3.24. The van der Waals surface area contributed by atoms with Gasteiger partial charge in [0.05, 0.1) is 18.9 Å². The van der Waals surface area contributed by atoms with Crippen LogP contribution in [0.25, 0.3) is 0 Å². The third kappa shape index (κ3) is 4.48. The van der Waals surface area contributed by atoms with E-state index in [2.05, 4.69) is 15.6 Å². The van der Waals surface area contributed by atoms with Crippen LogP contribution in [0.5, 0.6) is 5.75 Å². The number of aryl methyl sites for hydroxylation is 1. The lowest BCUT2D eigenvalue weighted by Gasteiger charge is -2.13. The molecule has 0 aliphatic carbocycles. The molecule has 3 rings (SSSR count). The van der Waals surface area contributed by atoms with Crippen LogP contribution in [-0.2, 0) is 4.74 Å². The summed E-state index contributed by atoms with van der Waals surface area (Å²) in [7, 11) is 1.58.